The lowest BCUT2D eigenvalue weighted by Gasteiger charge is -2.11. The van der Waals surface area contributed by atoms with Gasteiger partial charge in [0, 0.05) is 17.0 Å². The molecule has 2 aromatic heterocycles. The third kappa shape index (κ3) is 3.97. The van der Waals surface area contributed by atoms with Crippen LogP contribution in [-0.2, 0) is 11.2 Å². The monoisotopic (exact) mass is 382 g/mol. The summed E-state index contributed by atoms with van der Waals surface area (Å²) in [7, 11) is 0. The van der Waals surface area contributed by atoms with Crippen LogP contribution in [0.15, 0.2) is 78.9 Å². The van der Waals surface area contributed by atoms with Gasteiger partial charge in [-0.05, 0) is 54.8 Å². The molecule has 4 heteroatoms. The van der Waals surface area contributed by atoms with Gasteiger partial charge in [-0.2, -0.15) is 0 Å². The minimum atomic E-state index is -0.817. The first-order valence-electron chi connectivity index (χ1n) is 9.55. The summed E-state index contributed by atoms with van der Waals surface area (Å²) in [6, 6.07) is 26.2. The van der Waals surface area contributed by atoms with Gasteiger partial charge in [-0.1, -0.05) is 54.6 Å². The molecule has 0 aliphatic heterocycles. The zero-order valence-electron chi connectivity index (χ0n) is 16.5. The Balaban J connectivity index is 1.60. The van der Waals surface area contributed by atoms with Crippen molar-refractivity contribution in [3.63, 3.8) is 0 Å². The molecule has 0 radical (unpaired) electrons. The number of pyridine rings is 1. The minimum Gasteiger partial charge on any atom is -0.481 e. The van der Waals surface area contributed by atoms with E-state index >= 15 is 0 Å². The number of rotatable bonds is 5. The largest absolute Gasteiger partial charge is 0.481 e. The summed E-state index contributed by atoms with van der Waals surface area (Å²) in [5.41, 5.74) is 7.26. The Morgan fingerprint density at radius 2 is 1.34 bits per heavy atom. The molecule has 0 atom stereocenters. The van der Waals surface area contributed by atoms with E-state index < -0.39 is 5.97 Å². The number of aliphatic carboxylic acids is 1. The Labute approximate surface area is 170 Å². The zero-order valence-corrected chi connectivity index (χ0v) is 16.5. The van der Waals surface area contributed by atoms with E-state index in [1.807, 2.05) is 42.5 Å². The predicted molar refractivity (Wildman–Crippen MR) is 115 cm³/mol. The second kappa shape index (κ2) is 7.76. The zero-order chi connectivity index (χ0) is 20.4. The molecular formula is C25H22N2O2. The van der Waals surface area contributed by atoms with Crippen LogP contribution < -0.4 is 0 Å². The smallest absolute Gasteiger partial charge is 0.307 e. The highest BCUT2D eigenvalue weighted by Gasteiger charge is 2.08. The Morgan fingerprint density at radius 3 is 1.93 bits per heavy atom. The molecule has 4 aromatic rings. The van der Waals surface area contributed by atoms with Gasteiger partial charge in [0.15, 0.2) is 0 Å². The van der Waals surface area contributed by atoms with Crippen molar-refractivity contribution < 1.29 is 9.90 Å². The number of carboxylic acid groups (broad SMARTS) is 1. The van der Waals surface area contributed by atoms with Gasteiger partial charge < -0.3 is 9.67 Å². The van der Waals surface area contributed by atoms with Crippen molar-refractivity contribution in [2.75, 3.05) is 0 Å². The molecule has 0 saturated carbocycles. The van der Waals surface area contributed by atoms with Crippen molar-refractivity contribution in [3.8, 4) is 28.2 Å². The van der Waals surface area contributed by atoms with Crippen molar-refractivity contribution in [1.82, 2.24) is 9.55 Å². The fourth-order valence-electron chi connectivity index (χ4n) is 3.56. The van der Waals surface area contributed by atoms with Crippen LogP contribution in [0.4, 0.5) is 0 Å². The Morgan fingerprint density at radius 1 is 0.793 bits per heavy atom. The van der Waals surface area contributed by atoms with Gasteiger partial charge in [0.2, 0.25) is 0 Å². The van der Waals surface area contributed by atoms with Crippen LogP contribution in [0.3, 0.4) is 0 Å². The summed E-state index contributed by atoms with van der Waals surface area (Å²) in [6.07, 6.45) is 0.0432. The molecule has 0 saturated heterocycles. The first-order valence-corrected chi connectivity index (χ1v) is 9.55. The maximum absolute atomic E-state index is 10.8. The van der Waals surface area contributed by atoms with Crippen LogP contribution in [0.1, 0.15) is 17.0 Å². The van der Waals surface area contributed by atoms with Crippen molar-refractivity contribution in [2.45, 2.75) is 20.3 Å². The number of hydrogen-bond donors (Lipinski definition) is 1. The SMILES string of the molecule is Cc1ccc(C)n1-c1cccc(-c2ccc(-c3ccc(CC(=O)O)cc3)cc2)n1. The molecular weight excluding hydrogens is 360 g/mol. The lowest BCUT2D eigenvalue weighted by Crippen LogP contribution is -2.02. The van der Waals surface area contributed by atoms with Gasteiger partial charge in [0.25, 0.3) is 0 Å². The number of aromatic nitrogens is 2. The summed E-state index contributed by atoms with van der Waals surface area (Å²) >= 11 is 0. The fourth-order valence-corrected chi connectivity index (χ4v) is 3.56. The first kappa shape index (κ1) is 18.7. The molecule has 0 aliphatic carbocycles. The number of nitrogens with zero attached hydrogens (tertiary/aromatic N) is 2. The van der Waals surface area contributed by atoms with E-state index in [0.717, 1.165) is 45.2 Å². The van der Waals surface area contributed by atoms with Gasteiger partial charge >= 0.3 is 5.97 Å². The van der Waals surface area contributed by atoms with Crippen molar-refractivity contribution in [2.24, 2.45) is 0 Å². The van der Waals surface area contributed by atoms with Crippen LogP contribution in [0.2, 0.25) is 0 Å². The van der Waals surface area contributed by atoms with Crippen LogP contribution in [0, 0.1) is 13.8 Å². The van der Waals surface area contributed by atoms with Crippen LogP contribution in [0.5, 0.6) is 0 Å². The van der Waals surface area contributed by atoms with Crippen LogP contribution >= 0.6 is 0 Å². The molecule has 4 nitrogen and oxygen atoms in total. The van der Waals surface area contributed by atoms with E-state index in [0.29, 0.717) is 0 Å². The molecule has 0 amide bonds. The number of aryl methyl sites for hydroxylation is 2. The average molecular weight is 382 g/mol. The lowest BCUT2D eigenvalue weighted by atomic mass is 10.0. The Hall–Kier alpha value is -3.66. The van der Waals surface area contributed by atoms with Gasteiger partial charge in [-0.3, -0.25) is 4.79 Å². The summed E-state index contributed by atoms with van der Waals surface area (Å²) < 4.78 is 2.15. The molecule has 0 bridgehead atoms. The van der Waals surface area contributed by atoms with Crippen LogP contribution in [-0.4, -0.2) is 20.6 Å². The molecule has 0 aliphatic rings. The second-order valence-corrected chi connectivity index (χ2v) is 7.18. The number of hydrogen-bond acceptors (Lipinski definition) is 2. The fraction of sp³-hybridized carbons (Fsp3) is 0.120. The first-order chi connectivity index (χ1) is 14.0. The predicted octanol–water partition coefficient (Wildman–Crippen LogP) is 5.45. The van der Waals surface area contributed by atoms with Gasteiger partial charge in [0.05, 0.1) is 12.1 Å². The molecule has 0 fully saturated rings. The average Bonchev–Trinajstić information content (AvgIpc) is 3.06. The van der Waals surface area contributed by atoms with Gasteiger partial charge in [-0.15, -0.1) is 0 Å². The third-order valence-corrected chi connectivity index (χ3v) is 5.06. The van der Waals surface area contributed by atoms with E-state index in [9.17, 15) is 4.79 Å². The van der Waals surface area contributed by atoms with Crippen molar-refractivity contribution >= 4 is 5.97 Å². The molecule has 0 unspecified atom stereocenters. The van der Waals surface area contributed by atoms with E-state index in [2.05, 4.69) is 54.8 Å². The maximum Gasteiger partial charge on any atom is 0.307 e. The maximum atomic E-state index is 10.8. The van der Waals surface area contributed by atoms with E-state index in [1.165, 1.54) is 0 Å². The number of benzene rings is 2. The highest BCUT2D eigenvalue weighted by Crippen LogP contribution is 2.25. The van der Waals surface area contributed by atoms with E-state index in [4.69, 9.17) is 10.1 Å². The van der Waals surface area contributed by atoms with Crippen molar-refractivity contribution in [1.29, 1.82) is 0 Å². The topological polar surface area (TPSA) is 55.1 Å². The molecule has 0 spiro atoms. The minimum absolute atomic E-state index is 0.0432. The quantitative estimate of drug-likeness (QED) is 0.499. The molecule has 2 heterocycles. The van der Waals surface area contributed by atoms with Gasteiger partial charge in [-0.25, -0.2) is 4.98 Å². The highest BCUT2D eigenvalue weighted by atomic mass is 16.4. The van der Waals surface area contributed by atoms with Gasteiger partial charge in [0.1, 0.15) is 5.82 Å². The normalized spacial score (nSPS) is 10.8. The number of carbonyl (C=O) groups is 1. The summed E-state index contributed by atoms with van der Waals surface area (Å²) in [4.78, 5) is 15.7. The van der Waals surface area contributed by atoms with E-state index in [-0.39, 0.29) is 6.42 Å². The summed E-state index contributed by atoms with van der Waals surface area (Å²) in [5.74, 6) is 0.0997. The number of carboxylic acids is 1. The highest BCUT2D eigenvalue weighted by molar-refractivity contribution is 5.72. The third-order valence-electron chi connectivity index (χ3n) is 5.06. The van der Waals surface area contributed by atoms with Crippen LogP contribution in [0.25, 0.3) is 28.2 Å². The standard InChI is InChI=1S/C25H22N2O2/c1-17-6-7-18(2)27(17)24-5-3-4-23(26-24)22-14-12-21(13-15-22)20-10-8-19(9-11-20)16-25(28)29/h3-15H,16H2,1-2H3,(H,28,29). The molecule has 144 valence electrons. The lowest BCUT2D eigenvalue weighted by molar-refractivity contribution is -0.136. The molecule has 4 rings (SSSR count). The molecule has 1 N–H and O–H groups in total. The second-order valence-electron chi connectivity index (χ2n) is 7.18. The summed E-state index contributed by atoms with van der Waals surface area (Å²) in [5, 5.41) is 8.89. The summed E-state index contributed by atoms with van der Waals surface area (Å²) in [6.45, 7) is 4.16. The van der Waals surface area contributed by atoms with Crippen molar-refractivity contribution in [3.05, 3.63) is 95.8 Å². The molecule has 29 heavy (non-hydrogen) atoms. The Bertz CT molecular complexity index is 1140. The van der Waals surface area contributed by atoms with E-state index in [1.54, 1.807) is 0 Å². The molecule has 2 aromatic carbocycles. The Kier molecular flexibility index (Phi) is 5.00.